The van der Waals surface area contributed by atoms with Gasteiger partial charge in [-0.15, -0.1) is 11.3 Å². The molecule has 4 rings (SSSR count). The minimum Gasteiger partial charge on any atom is -0.462 e. The lowest BCUT2D eigenvalue weighted by atomic mass is 10.2. The fourth-order valence-corrected chi connectivity index (χ4v) is 4.00. The van der Waals surface area contributed by atoms with Gasteiger partial charge in [-0.25, -0.2) is 19.6 Å². The minimum absolute atomic E-state index is 0.152. The molecule has 0 saturated carbocycles. The molecule has 0 atom stereocenters. The summed E-state index contributed by atoms with van der Waals surface area (Å²) in [6.07, 6.45) is 1.31. The quantitative estimate of drug-likeness (QED) is 0.285. The molecule has 3 aromatic heterocycles. The lowest BCUT2D eigenvalue weighted by Crippen LogP contribution is -2.33. The van der Waals surface area contributed by atoms with E-state index in [1.54, 1.807) is 38.1 Å². The lowest BCUT2D eigenvalue weighted by molar-refractivity contribution is 0.0531. The van der Waals surface area contributed by atoms with Crippen molar-refractivity contribution in [1.82, 2.24) is 15.4 Å². The normalized spacial score (nSPS) is 10.9. The first-order valence-electron chi connectivity index (χ1n) is 9.00. The Morgan fingerprint density at radius 3 is 2.83 bits per heavy atom. The van der Waals surface area contributed by atoms with Crippen molar-refractivity contribution in [2.45, 2.75) is 13.8 Å². The van der Waals surface area contributed by atoms with Gasteiger partial charge in [-0.3, -0.25) is 15.6 Å². The van der Waals surface area contributed by atoms with E-state index in [0.29, 0.717) is 37.4 Å². The van der Waals surface area contributed by atoms with E-state index >= 15 is 0 Å². The van der Waals surface area contributed by atoms with E-state index in [1.165, 1.54) is 23.7 Å². The molecule has 0 saturated heterocycles. The number of carbonyl (C=O) groups is 2. The molecule has 0 unspecified atom stereocenters. The summed E-state index contributed by atoms with van der Waals surface area (Å²) >= 11 is 1.18. The van der Waals surface area contributed by atoms with E-state index in [9.17, 15) is 14.4 Å². The Bertz CT molecular complexity index is 1340. The number of hydrogen-bond donors (Lipinski definition) is 2. The highest BCUT2D eigenvalue weighted by Gasteiger charge is 2.21. The largest absolute Gasteiger partial charge is 0.462 e. The Kier molecular flexibility index (Phi) is 5.15. The molecule has 2 N–H and O–H groups in total. The summed E-state index contributed by atoms with van der Waals surface area (Å²) < 4.78 is 10.3. The van der Waals surface area contributed by atoms with Gasteiger partial charge in [-0.2, -0.15) is 0 Å². The van der Waals surface area contributed by atoms with E-state index in [-0.39, 0.29) is 12.2 Å². The van der Waals surface area contributed by atoms with Gasteiger partial charge >= 0.3 is 11.6 Å². The average molecular weight is 424 g/mol. The summed E-state index contributed by atoms with van der Waals surface area (Å²) in [6.45, 7) is 3.74. The van der Waals surface area contributed by atoms with Gasteiger partial charge < -0.3 is 9.15 Å². The molecule has 0 bridgehead atoms. The number of esters is 1. The number of amides is 1. The Hall–Kier alpha value is -3.79. The molecular formula is C20H16N4O5S. The van der Waals surface area contributed by atoms with Crippen molar-refractivity contribution in [2.75, 3.05) is 12.0 Å². The van der Waals surface area contributed by atoms with Gasteiger partial charge in [-0.05, 0) is 31.5 Å². The van der Waals surface area contributed by atoms with Gasteiger partial charge in [0.2, 0.25) is 0 Å². The van der Waals surface area contributed by atoms with Gasteiger partial charge in [0.25, 0.3) is 5.91 Å². The average Bonchev–Trinajstić information content (AvgIpc) is 3.09. The van der Waals surface area contributed by atoms with Gasteiger partial charge in [0.05, 0.1) is 12.0 Å². The van der Waals surface area contributed by atoms with Crippen LogP contribution in [-0.4, -0.2) is 28.5 Å². The smallest absolute Gasteiger partial charge is 0.349 e. The summed E-state index contributed by atoms with van der Waals surface area (Å²) in [5.41, 5.74) is 5.29. The molecule has 30 heavy (non-hydrogen) atoms. The van der Waals surface area contributed by atoms with E-state index in [0.717, 1.165) is 0 Å². The van der Waals surface area contributed by atoms with Crippen molar-refractivity contribution in [3.63, 3.8) is 0 Å². The van der Waals surface area contributed by atoms with Crippen molar-refractivity contribution >= 4 is 50.2 Å². The number of para-hydroxylation sites is 1. The molecule has 0 aliphatic carbocycles. The number of nitrogens with one attached hydrogen (secondary N) is 2. The predicted octanol–water partition coefficient (Wildman–Crippen LogP) is 3.04. The van der Waals surface area contributed by atoms with Gasteiger partial charge in [0.1, 0.15) is 27.2 Å². The maximum Gasteiger partial charge on any atom is 0.349 e. The topological polar surface area (TPSA) is 123 Å². The number of thiophene rings is 1. The summed E-state index contributed by atoms with van der Waals surface area (Å²) in [5, 5.41) is 1.20. The van der Waals surface area contributed by atoms with Crippen LogP contribution in [0.3, 0.4) is 0 Å². The minimum atomic E-state index is -0.753. The second-order valence-electron chi connectivity index (χ2n) is 6.24. The fraction of sp³-hybridized carbons (Fsp3) is 0.150. The fourth-order valence-electron chi connectivity index (χ4n) is 2.96. The standard InChI is InChI=1S/C20H16N4O5S/c1-3-28-20(27)15-10(2)14-16(21-9-22-18(14)30-15)23-24-17(25)12-8-11-6-4-5-7-13(11)29-19(12)26/h4-9H,3H2,1-2H3,(H,24,25)(H,21,22,23). The number of aromatic nitrogens is 2. The van der Waals surface area contributed by atoms with Crippen LogP contribution < -0.4 is 16.5 Å². The second-order valence-corrected chi connectivity index (χ2v) is 7.24. The number of anilines is 1. The highest BCUT2D eigenvalue weighted by Crippen LogP contribution is 2.33. The second kappa shape index (κ2) is 7.91. The van der Waals surface area contributed by atoms with Crippen LogP contribution in [0.25, 0.3) is 21.2 Å². The van der Waals surface area contributed by atoms with Gasteiger partial charge in [0.15, 0.2) is 5.82 Å². The maximum absolute atomic E-state index is 12.6. The molecule has 0 spiro atoms. The van der Waals surface area contributed by atoms with Crippen LogP contribution in [0.4, 0.5) is 5.82 Å². The number of nitrogens with zero attached hydrogens (tertiary/aromatic N) is 2. The number of fused-ring (bicyclic) bond motifs is 2. The molecule has 1 amide bonds. The first-order chi connectivity index (χ1) is 14.5. The summed E-state index contributed by atoms with van der Waals surface area (Å²) in [6, 6.07) is 8.36. The van der Waals surface area contributed by atoms with Crippen molar-refractivity contribution in [2.24, 2.45) is 0 Å². The number of aryl methyl sites for hydroxylation is 1. The SMILES string of the molecule is CCOC(=O)c1sc2ncnc(NNC(=O)c3cc4ccccc4oc3=O)c2c1C. The number of rotatable bonds is 5. The third-order valence-electron chi connectivity index (χ3n) is 4.37. The first kappa shape index (κ1) is 19.5. The van der Waals surface area contributed by atoms with Crippen LogP contribution in [-0.2, 0) is 4.74 Å². The van der Waals surface area contributed by atoms with Crippen LogP contribution in [0.15, 0.2) is 45.9 Å². The third-order valence-corrected chi connectivity index (χ3v) is 5.55. The Morgan fingerprint density at radius 1 is 1.23 bits per heavy atom. The first-order valence-corrected chi connectivity index (χ1v) is 9.81. The molecule has 152 valence electrons. The monoisotopic (exact) mass is 424 g/mol. The zero-order valence-corrected chi connectivity index (χ0v) is 16.8. The number of hydrogen-bond acceptors (Lipinski definition) is 9. The Balaban J connectivity index is 1.62. The Morgan fingerprint density at radius 2 is 2.03 bits per heavy atom. The molecule has 4 aromatic rings. The van der Waals surface area contributed by atoms with Crippen LogP contribution in [0.2, 0.25) is 0 Å². The van der Waals surface area contributed by atoms with Crippen molar-refractivity contribution in [3.05, 3.63) is 63.1 Å². The van der Waals surface area contributed by atoms with Crippen molar-refractivity contribution in [1.29, 1.82) is 0 Å². The maximum atomic E-state index is 12.6. The van der Waals surface area contributed by atoms with E-state index in [1.807, 2.05) is 0 Å². The summed E-state index contributed by atoms with van der Waals surface area (Å²) in [7, 11) is 0. The van der Waals surface area contributed by atoms with E-state index < -0.39 is 17.5 Å². The lowest BCUT2D eigenvalue weighted by Gasteiger charge is -2.09. The highest BCUT2D eigenvalue weighted by atomic mass is 32.1. The van der Waals surface area contributed by atoms with Crippen LogP contribution >= 0.6 is 11.3 Å². The molecule has 0 aliphatic rings. The number of benzene rings is 1. The number of hydrazine groups is 1. The zero-order chi connectivity index (χ0) is 21.3. The molecule has 3 heterocycles. The highest BCUT2D eigenvalue weighted by molar-refractivity contribution is 7.20. The molecule has 0 radical (unpaired) electrons. The predicted molar refractivity (Wildman–Crippen MR) is 112 cm³/mol. The summed E-state index contributed by atoms with van der Waals surface area (Å²) in [4.78, 5) is 46.2. The zero-order valence-electron chi connectivity index (χ0n) is 16.0. The molecule has 10 heteroatoms. The molecular weight excluding hydrogens is 408 g/mol. The van der Waals surface area contributed by atoms with Gasteiger partial charge in [0, 0.05) is 5.39 Å². The number of carbonyl (C=O) groups excluding carboxylic acids is 2. The van der Waals surface area contributed by atoms with Crippen LogP contribution in [0.1, 0.15) is 32.5 Å². The molecule has 0 aliphatic heterocycles. The van der Waals surface area contributed by atoms with Crippen LogP contribution in [0.5, 0.6) is 0 Å². The van der Waals surface area contributed by atoms with Gasteiger partial charge in [-0.1, -0.05) is 18.2 Å². The summed E-state index contributed by atoms with van der Waals surface area (Å²) in [5.74, 6) is -0.829. The third kappa shape index (κ3) is 3.48. The van der Waals surface area contributed by atoms with Crippen molar-refractivity contribution in [3.8, 4) is 0 Å². The Labute approximate surface area is 173 Å². The van der Waals surface area contributed by atoms with E-state index in [4.69, 9.17) is 9.15 Å². The molecule has 1 aromatic carbocycles. The number of ether oxygens (including phenoxy) is 1. The van der Waals surface area contributed by atoms with Crippen molar-refractivity contribution < 1.29 is 18.7 Å². The molecule has 9 nitrogen and oxygen atoms in total. The van der Waals surface area contributed by atoms with E-state index in [2.05, 4.69) is 20.8 Å². The van der Waals surface area contributed by atoms with Crippen LogP contribution in [0, 0.1) is 6.92 Å². The molecule has 0 fully saturated rings.